The van der Waals surface area contributed by atoms with Crippen LogP contribution < -0.4 is 4.90 Å². The Morgan fingerprint density at radius 3 is 2.45 bits per heavy atom. The molecule has 0 aliphatic carbocycles. The van der Waals surface area contributed by atoms with Gasteiger partial charge >= 0.3 is 0 Å². The molecule has 0 spiro atoms. The number of halogens is 1. The molecule has 2 unspecified atom stereocenters. The van der Waals surface area contributed by atoms with E-state index in [1.807, 2.05) is 43.0 Å². The number of nitrogens with zero attached hydrogens (tertiary/aromatic N) is 4. The Morgan fingerprint density at radius 2 is 1.79 bits per heavy atom. The number of aryl methyl sites for hydroxylation is 1. The van der Waals surface area contributed by atoms with Crippen LogP contribution >= 0.6 is 12.4 Å². The topological polar surface area (TPSA) is 89.8 Å². The van der Waals surface area contributed by atoms with Gasteiger partial charge in [0.25, 0.3) is 0 Å². The number of aliphatic hydroxyl groups excluding tert-OH is 1. The molecule has 2 N–H and O–H groups in total. The highest BCUT2D eigenvalue weighted by atomic mass is 35.5. The summed E-state index contributed by atoms with van der Waals surface area (Å²) >= 11 is 0. The Hall–Kier alpha value is -2.74. The van der Waals surface area contributed by atoms with Crippen molar-refractivity contribution in [3.8, 4) is 17.1 Å². The molecule has 0 saturated carbocycles. The Bertz CT molecular complexity index is 1130. The van der Waals surface area contributed by atoms with Gasteiger partial charge in [0.2, 0.25) is 0 Å². The number of hydrogen-bond donors (Lipinski definition) is 2. The van der Waals surface area contributed by atoms with Crippen molar-refractivity contribution in [2.45, 2.75) is 33.4 Å². The number of ketones is 1. The number of carbonyl (C=O) groups is 1. The van der Waals surface area contributed by atoms with Crippen molar-refractivity contribution in [1.29, 1.82) is 0 Å². The molecule has 4 rings (SSSR count). The van der Waals surface area contributed by atoms with Crippen LogP contribution in [0, 0.1) is 12.8 Å². The van der Waals surface area contributed by atoms with Crippen LogP contribution in [0.3, 0.4) is 0 Å². The molecule has 1 fully saturated rings. The van der Waals surface area contributed by atoms with Crippen molar-refractivity contribution in [2.24, 2.45) is 5.92 Å². The van der Waals surface area contributed by atoms with E-state index in [2.05, 4.69) is 11.0 Å². The lowest BCUT2D eigenvalue weighted by atomic mass is 10.0. The molecule has 2 aromatic carbocycles. The van der Waals surface area contributed by atoms with Crippen LogP contribution in [-0.2, 0) is 4.79 Å². The molecule has 2 heterocycles. The predicted octanol–water partition coefficient (Wildman–Crippen LogP) is 3.79. The lowest BCUT2D eigenvalue weighted by Gasteiger charge is -2.39. The minimum atomic E-state index is -0.636. The van der Waals surface area contributed by atoms with Gasteiger partial charge in [-0.3, -0.25) is 4.90 Å². The molecule has 2 atom stereocenters. The molecule has 1 aliphatic heterocycles. The van der Waals surface area contributed by atoms with E-state index in [0.717, 1.165) is 22.3 Å². The molecule has 176 valence electrons. The third-order valence-corrected chi connectivity index (χ3v) is 6.08. The molecule has 3 aromatic rings. The van der Waals surface area contributed by atoms with Gasteiger partial charge in [0.1, 0.15) is 23.6 Å². The average Bonchev–Trinajstić information content (AvgIpc) is 2.77. The number of aromatic hydroxyl groups is 1. The van der Waals surface area contributed by atoms with Gasteiger partial charge in [0.05, 0.1) is 11.1 Å². The van der Waals surface area contributed by atoms with E-state index in [1.165, 1.54) is 0 Å². The summed E-state index contributed by atoms with van der Waals surface area (Å²) in [6.45, 7) is 8.25. The number of hydrogen-bond acceptors (Lipinski definition) is 7. The highest BCUT2D eigenvalue weighted by Gasteiger charge is 2.28. The first-order valence-corrected chi connectivity index (χ1v) is 11.1. The molecule has 33 heavy (non-hydrogen) atoms. The van der Waals surface area contributed by atoms with Crippen LogP contribution in [0.4, 0.5) is 5.82 Å². The number of aromatic nitrogens is 2. The predicted molar refractivity (Wildman–Crippen MR) is 133 cm³/mol. The molecule has 0 radical (unpaired) electrons. The van der Waals surface area contributed by atoms with Crippen LogP contribution in [0.1, 0.15) is 25.8 Å². The zero-order chi connectivity index (χ0) is 22.8. The summed E-state index contributed by atoms with van der Waals surface area (Å²) in [5, 5.41) is 22.0. The molecule has 7 nitrogen and oxygen atoms in total. The fraction of sp³-hybridized carbons (Fsp3) is 0.400. The van der Waals surface area contributed by atoms with Gasteiger partial charge < -0.3 is 19.9 Å². The molecule has 8 heteroatoms. The van der Waals surface area contributed by atoms with Crippen LogP contribution in [0.2, 0.25) is 0 Å². The zero-order valence-corrected chi connectivity index (χ0v) is 20.0. The van der Waals surface area contributed by atoms with Gasteiger partial charge in [-0.2, -0.15) is 0 Å². The molecule has 0 amide bonds. The van der Waals surface area contributed by atoms with Crippen LogP contribution in [0.15, 0.2) is 42.5 Å². The van der Waals surface area contributed by atoms with E-state index in [-0.39, 0.29) is 29.9 Å². The van der Waals surface area contributed by atoms with Crippen LogP contribution in [0.5, 0.6) is 5.75 Å². The lowest BCUT2D eigenvalue weighted by molar-refractivity contribution is -0.120. The van der Waals surface area contributed by atoms with Gasteiger partial charge in [-0.25, -0.2) is 9.97 Å². The number of aliphatic hydroxyl groups is 1. The molecular formula is C25H31ClN4O3. The number of fused-ring (bicyclic) bond motifs is 1. The summed E-state index contributed by atoms with van der Waals surface area (Å²) in [4.78, 5) is 25.3. The third-order valence-electron chi connectivity index (χ3n) is 6.08. The molecule has 1 saturated heterocycles. The number of carbonyl (C=O) groups excluding carboxylic acids is 1. The lowest BCUT2D eigenvalue weighted by Crippen LogP contribution is -2.52. The largest absolute Gasteiger partial charge is 0.507 e. The Kier molecular flexibility index (Phi) is 7.89. The normalized spacial score (nSPS) is 16.3. The van der Waals surface area contributed by atoms with E-state index < -0.39 is 6.23 Å². The smallest absolute Gasteiger partial charge is 0.165 e. The van der Waals surface area contributed by atoms with Crippen molar-refractivity contribution < 1.29 is 15.0 Å². The van der Waals surface area contributed by atoms with E-state index in [9.17, 15) is 15.0 Å². The summed E-state index contributed by atoms with van der Waals surface area (Å²) in [5.41, 5.74) is 2.55. The van der Waals surface area contributed by atoms with Gasteiger partial charge in [-0.15, -0.1) is 12.4 Å². The van der Waals surface area contributed by atoms with E-state index in [1.54, 1.807) is 19.1 Å². The Labute approximate surface area is 200 Å². The van der Waals surface area contributed by atoms with E-state index >= 15 is 0 Å². The number of para-hydroxylation sites is 1. The van der Waals surface area contributed by atoms with Crippen molar-refractivity contribution >= 4 is 34.9 Å². The monoisotopic (exact) mass is 470 g/mol. The van der Waals surface area contributed by atoms with Crippen molar-refractivity contribution in [1.82, 2.24) is 14.9 Å². The van der Waals surface area contributed by atoms with Gasteiger partial charge in [-0.1, -0.05) is 25.1 Å². The fourth-order valence-corrected chi connectivity index (χ4v) is 4.36. The number of phenols is 1. The maximum absolute atomic E-state index is 11.4. The average molecular weight is 471 g/mol. The van der Waals surface area contributed by atoms with E-state index in [0.29, 0.717) is 44.0 Å². The number of benzene rings is 2. The van der Waals surface area contributed by atoms with Crippen LogP contribution in [0.25, 0.3) is 22.3 Å². The summed E-state index contributed by atoms with van der Waals surface area (Å²) in [5.74, 6) is 1.47. The number of Topliss-reactive ketones (excluding diaryl/α,β-unsaturated/α-hetero) is 1. The second kappa shape index (κ2) is 10.5. The number of phenolic OH excluding ortho intramolecular Hbond substituents is 1. The van der Waals surface area contributed by atoms with Crippen molar-refractivity contribution in [3.05, 3.63) is 48.0 Å². The maximum Gasteiger partial charge on any atom is 0.165 e. The second-order valence-electron chi connectivity index (χ2n) is 8.73. The molecule has 1 aromatic heterocycles. The summed E-state index contributed by atoms with van der Waals surface area (Å²) in [6.07, 6.45) is -0.260. The quantitative estimate of drug-likeness (QED) is 0.566. The first-order valence-electron chi connectivity index (χ1n) is 11.1. The van der Waals surface area contributed by atoms with Crippen molar-refractivity contribution in [2.75, 3.05) is 31.1 Å². The van der Waals surface area contributed by atoms with Crippen LogP contribution in [-0.4, -0.2) is 63.3 Å². The minimum absolute atomic E-state index is 0. The minimum Gasteiger partial charge on any atom is -0.507 e. The number of rotatable bonds is 6. The maximum atomic E-state index is 11.4. The second-order valence-corrected chi connectivity index (χ2v) is 8.73. The molecule has 0 bridgehead atoms. The highest BCUT2D eigenvalue weighted by molar-refractivity contribution is 5.92. The fourth-order valence-electron chi connectivity index (χ4n) is 4.36. The third kappa shape index (κ3) is 5.43. The van der Waals surface area contributed by atoms with Crippen molar-refractivity contribution in [3.63, 3.8) is 0 Å². The SMILES string of the molecule is CC(=O)CC(C)C(O)N1CCN(c2nc(-c3ccccc3O)nc3cc(C)ccc23)CC1.Cl. The number of anilines is 1. The van der Waals surface area contributed by atoms with E-state index in [4.69, 9.17) is 9.97 Å². The summed E-state index contributed by atoms with van der Waals surface area (Å²) < 4.78 is 0. The molecular weight excluding hydrogens is 440 g/mol. The first-order chi connectivity index (χ1) is 15.3. The Balaban J connectivity index is 0.00000306. The molecule has 1 aliphatic rings. The van der Waals surface area contributed by atoms with Gasteiger partial charge in [0, 0.05) is 43.9 Å². The number of piperazine rings is 1. The van der Waals surface area contributed by atoms with Gasteiger partial charge in [0.15, 0.2) is 5.82 Å². The standard InChI is InChI=1S/C25H30N4O3.ClH/c1-16-8-9-19-21(14-16)26-23(20-6-4-5-7-22(20)31)27-24(19)28-10-12-29(13-11-28)25(32)17(2)15-18(3)30;/h4-9,14,17,25,31-32H,10-13,15H2,1-3H3;1H. The zero-order valence-electron chi connectivity index (χ0n) is 19.2. The van der Waals surface area contributed by atoms with Gasteiger partial charge in [-0.05, 0) is 43.7 Å². The Morgan fingerprint density at radius 1 is 1.09 bits per heavy atom. The highest BCUT2D eigenvalue weighted by Crippen LogP contribution is 2.32. The summed E-state index contributed by atoms with van der Waals surface area (Å²) in [6, 6.07) is 13.2. The summed E-state index contributed by atoms with van der Waals surface area (Å²) in [7, 11) is 0. The first kappa shape index (κ1) is 24.9.